The number of rotatable bonds is 2. The van der Waals surface area contributed by atoms with E-state index >= 15 is 0 Å². The first-order valence-corrected chi connectivity index (χ1v) is 6.62. The molecule has 2 aromatic rings. The summed E-state index contributed by atoms with van der Waals surface area (Å²) in [7, 11) is 1.45. The number of hydrogen-bond donors (Lipinski definition) is 3. The third-order valence-electron chi connectivity index (χ3n) is 3.55. The number of hydrogen-bond acceptors (Lipinski definition) is 6. The normalized spacial score (nSPS) is 16.8. The Labute approximate surface area is 126 Å². The fourth-order valence-electron chi connectivity index (χ4n) is 2.56. The van der Waals surface area contributed by atoms with Crippen LogP contribution in [0.1, 0.15) is 28.4 Å². The second-order valence-corrected chi connectivity index (χ2v) is 5.00. The van der Waals surface area contributed by atoms with Gasteiger partial charge in [-0.3, -0.25) is 4.79 Å². The second kappa shape index (κ2) is 5.14. The van der Waals surface area contributed by atoms with Crippen LogP contribution in [0.15, 0.2) is 30.3 Å². The van der Waals surface area contributed by atoms with Crippen LogP contribution in [-0.4, -0.2) is 28.2 Å². The van der Waals surface area contributed by atoms with Crippen LogP contribution in [0.25, 0.3) is 0 Å². The molecule has 1 heterocycles. The highest BCUT2D eigenvalue weighted by atomic mass is 16.5. The van der Waals surface area contributed by atoms with Gasteiger partial charge >= 0.3 is 0 Å². The minimum Gasteiger partial charge on any atom is -0.508 e. The molecule has 22 heavy (non-hydrogen) atoms. The Morgan fingerprint density at radius 1 is 1.14 bits per heavy atom. The Hall–Kier alpha value is -2.89. The van der Waals surface area contributed by atoms with Crippen molar-refractivity contribution in [2.24, 2.45) is 0 Å². The molecular weight excluding hydrogens is 288 g/mol. The minimum absolute atomic E-state index is 0.0203. The summed E-state index contributed by atoms with van der Waals surface area (Å²) in [5, 5.41) is 28.8. The van der Waals surface area contributed by atoms with Crippen LogP contribution in [0.3, 0.4) is 0 Å². The number of benzene rings is 2. The zero-order chi connectivity index (χ0) is 15.9. The molecule has 6 nitrogen and oxygen atoms in total. The van der Waals surface area contributed by atoms with Crippen molar-refractivity contribution in [2.45, 2.75) is 12.5 Å². The SMILES string of the molecule is COc1cc(O)ccc1C1CC(=O)c2c(O)cc(O)cc2O1. The van der Waals surface area contributed by atoms with Gasteiger partial charge < -0.3 is 24.8 Å². The van der Waals surface area contributed by atoms with Gasteiger partial charge in [0.15, 0.2) is 5.78 Å². The highest BCUT2D eigenvalue weighted by Crippen LogP contribution is 2.43. The van der Waals surface area contributed by atoms with Crippen LogP contribution in [0.2, 0.25) is 0 Å². The van der Waals surface area contributed by atoms with E-state index in [9.17, 15) is 20.1 Å². The fraction of sp³-hybridized carbons (Fsp3) is 0.188. The summed E-state index contributed by atoms with van der Waals surface area (Å²) < 4.78 is 10.9. The van der Waals surface area contributed by atoms with Crippen LogP contribution >= 0.6 is 0 Å². The number of Topliss-reactive ketones (excluding diaryl/α,β-unsaturated/α-hetero) is 1. The molecular formula is C16H14O6. The molecule has 1 aliphatic rings. The molecule has 0 aliphatic carbocycles. The van der Waals surface area contributed by atoms with Gasteiger partial charge in [-0.25, -0.2) is 0 Å². The second-order valence-electron chi connectivity index (χ2n) is 5.00. The number of ketones is 1. The summed E-state index contributed by atoms with van der Waals surface area (Å²) in [4.78, 5) is 12.3. The van der Waals surface area contributed by atoms with E-state index in [-0.39, 0.29) is 40.8 Å². The topological polar surface area (TPSA) is 96.2 Å². The van der Waals surface area contributed by atoms with E-state index < -0.39 is 6.10 Å². The van der Waals surface area contributed by atoms with Crippen molar-refractivity contribution in [3.63, 3.8) is 0 Å². The van der Waals surface area contributed by atoms with Crippen molar-refractivity contribution in [1.29, 1.82) is 0 Å². The number of aromatic hydroxyl groups is 3. The van der Waals surface area contributed by atoms with E-state index in [0.29, 0.717) is 11.3 Å². The Balaban J connectivity index is 2.04. The predicted molar refractivity (Wildman–Crippen MR) is 76.7 cm³/mol. The summed E-state index contributed by atoms with van der Waals surface area (Å²) in [6.07, 6.45) is -0.608. The monoisotopic (exact) mass is 302 g/mol. The summed E-state index contributed by atoms with van der Waals surface area (Å²) in [6.45, 7) is 0. The van der Waals surface area contributed by atoms with E-state index in [4.69, 9.17) is 9.47 Å². The Kier molecular flexibility index (Phi) is 3.29. The fourth-order valence-corrected chi connectivity index (χ4v) is 2.56. The molecule has 0 bridgehead atoms. The lowest BCUT2D eigenvalue weighted by molar-refractivity contribution is 0.0842. The largest absolute Gasteiger partial charge is 0.508 e. The number of phenols is 3. The Morgan fingerprint density at radius 2 is 1.91 bits per heavy atom. The van der Waals surface area contributed by atoms with Crippen molar-refractivity contribution in [2.75, 3.05) is 7.11 Å². The molecule has 2 aromatic carbocycles. The summed E-state index contributed by atoms with van der Waals surface area (Å²) in [5.41, 5.74) is 0.661. The first-order valence-electron chi connectivity index (χ1n) is 6.62. The molecule has 0 saturated heterocycles. The van der Waals surface area contributed by atoms with E-state index in [0.717, 1.165) is 6.07 Å². The molecule has 3 rings (SSSR count). The van der Waals surface area contributed by atoms with Crippen molar-refractivity contribution in [3.8, 4) is 28.7 Å². The lowest BCUT2D eigenvalue weighted by Gasteiger charge is -2.27. The Bertz CT molecular complexity index is 753. The number of carbonyl (C=O) groups is 1. The van der Waals surface area contributed by atoms with Crippen molar-refractivity contribution >= 4 is 5.78 Å². The molecule has 1 aliphatic heterocycles. The van der Waals surface area contributed by atoms with E-state index in [1.165, 1.54) is 25.3 Å². The molecule has 6 heteroatoms. The van der Waals surface area contributed by atoms with Crippen molar-refractivity contribution < 1.29 is 29.6 Å². The maximum Gasteiger partial charge on any atom is 0.174 e. The average Bonchev–Trinajstić information content (AvgIpc) is 2.45. The van der Waals surface area contributed by atoms with Gasteiger partial charge in [-0.05, 0) is 12.1 Å². The highest BCUT2D eigenvalue weighted by Gasteiger charge is 2.32. The first-order chi connectivity index (χ1) is 10.5. The van der Waals surface area contributed by atoms with E-state index in [2.05, 4.69) is 0 Å². The molecule has 114 valence electrons. The quantitative estimate of drug-likeness (QED) is 0.789. The van der Waals surface area contributed by atoms with Crippen LogP contribution in [0.4, 0.5) is 0 Å². The highest BCUT2D eigenvalue weighted by molar-refractivity contribution is 6.02. The average molecular weight is 302 g/mol. The van der Waals surface area contributed by atoms with Crippen LogP contribution in [0, 0.1) is 0 Å². The molecule has 1 unspecified atom stereocenters. The first kappa shape index (κ1) is 14.1. The number of ether oxygens (including phenoxy) is 2. The van der Waals surface area contributed by atoms with Gasteiger partial charge in [0, 0.05) is 23.8 Å². The number of phenolic OH excluding ortho intramolecular Hbond substituents is 3. The summed E-state index contributed by atoms with van der Waals surface area (Å²) in [5.74, 6) is -0.240. The third kappa shape index (κ3) is 2.28. The van der Waals surface area contributed by atoms with Crippen LogP contribution < -0.4 is 9.47 Å². The standard InChI is InChI=1S/C16H14O6/c1-21-13-5-8(17)2-3-10(13)14-7-12(20)16-11(19)4-9(18)6-15(16)22-14/h2-6,14,17-19H,7H2,1H3. The molecule has 0 saturated carbocycles. The van der Waals surface area contributed by atoms with Gasteiger partial charge in [0.25, 0.3) is 0 Å². The molecule has 0 fully saturated rings. The number of fused-ring (bicyclic) bond motifs is 1. The summed E-state index contributed by atoms with van der Waals surface area (Å²) in [6, 6.07) is 6.90. The predicted octanol–water partition coefficient (Wildman–Crippen LogP) is 2.52. The van der Waals surface area contributed by atoms with Gasteiger partial charge in [0.05, 0.1) is 13.5 Å². The van der Waals surface area contributed by atoms with Gasteiger partial charge in [0.1, 0.15) is 40.4 Å². The van der Waals surface area contributed by atoms with Gasteiger partial charge in [-0.1, -0.05) is 0 Å². The smallest absolute Gasteiger partial charge is 0.174 e. The Morgan fingerprint density at radius 3 is 2.64 bits per heavy atom. The maximum absolute atomic E-state index is 12.3. The van der Waals surface area contributed by atoms with Gasteiger partial charge in [-0.2, -0.15) is 0 Å². The molecule has 3 N–H and O–H groups in total. The lowest BCUT2D eigenvalue weighted by Crippen LogP contribution is -2.21. The maximum atomic E-state index is 12.3. The van der Waals surface area contributed by atoms with Crippen LogP contribution in [-0.2, 0) is 0 Å². The number of carbonyl (C=O) groups excluding carboxylic acids is 1. The zero-order valence-corrected chi connectivity index (χ0v) is 11.7. The van der Waals surface area contributed by atoms with Gasteiger partial charge in [0.2, 0.25) is 0 Å². The molecule has 0 aromatic heterocycles. The summed E-state index contributed by atoms with van der Waals surface area (Å²) >= 11 is 0. The number of methoxy groups -OCH3 is 1. The zero-order valence-electron chi connectivity index (χ0n) is 11.7. The molecule has 1 atom stereocenters. The molecule has 0 radical (unpaired) electrons. The minimum atomic E-state index is -0.628. The molecule has 0 spiro atoms. The van der Waals surface area contributed by atoms with Crippen molar-refractivity contribution in [1.82, 2.24) is 0 Å². The van der Waals surface area contributed by atoms with Gasteiger partial charge in [-0.15, -0.1) is 0 Å². The van der Waals surface area contributed by atoms with E-state index in [1.807, 2.05) is 0 Å². The van der Waals surface area contributed by atoms with Crippen molar-refractivity contribution in [3.05, 3.63) is 41.5 Å². The van der Waals surface area contributed by atoms with Crippen LogP contribution in [0.5, 0.6) is 28.7 Å². The molecule has 0 amide bonds. The van der Waals surface area contributed by atoms with E-state index in [1.54, 1.807) is 6.07 Å². The third-order valence-corrected chi connectivity index (χ3v) is 3.55. The lowest BCUT2D eigenvalue weighted by atomic mass is 9.95.